The minimum Gasteiger partial charge on any atom is -0.507 e. The number of phenols is 2. The maximum absolute atomic E-state index is 12.0. The highest BCUT2D eigenvalue weighted by atomic mass is 16.4. The van der Waals surface area contributed by atoms with E-state index >= 15 is 0 Å². The molecule has 4 N–H and O–H groups in total. The fourth-order valence-electron chi connectivity index (χ4n) is 3.96. The van der Waals surface area contributed by atoms with Gasteiger partial charge in [-0.15, -0.1) is 0 Å². The van der Waals surface area contributed by atoms with Gasteiger partial charge in [-0.25, -0.2) is 0 Å². The maximum atomic E-state index is 12.0. The zero-order valence-electron chi connectivity index (χ0n) is 19.7. The van der Waals surface area contributed by atoms with Gasteiger partial charge in [0.25, 0.3) is 0 Å². The molecule has 0 saturated heterocycles. The van der Waals surface area contributed by atoms with Crippen LogP contribution in [-0.2, 0) is 0 Å². The Morgan fingerprint density at radius 3 is 1.18 bits per heavy atom. The summed E-state index contributed by atoms with van der Waals surface area (Å²) in [5.74, 6) is -1.17. The summed E-state index contributed by atoms with van der Waals surface area (Å²) in [6.45, 7) is 0. The lowest BCUT2D eigenvalue weighted by molar-refractivity contribution is 0.443. The molecule has 6 aromatic rings. The van der Waals surface area contributed by atoms with Crippen LogP contribution in [0.25, 0.3) is 44.6 Å². The minimum absolute atomic E-state index is 0.0261. The molecule has 0 aliphatic carbocycles. The number of aromatic hydroxyl groups is 4. The molecule has 6 rings (SSSR count). The fourth-order valence-corrected chi connectivity index (χ4v) is 3.96. The summed E-state index contributed by atoms with van der Waals surface area (Å²) < 4.78 is 11.1. The van der Waals surface area contributed by atoms with Gasteiger partial charge in [0.05, 0.1) is 21.9 Å². The van der Waals surface area contributed by atoms with Crippen molar-refractivity contribution in [2.75, 3.05) is 0 Å². The standard InChI is InChI=1S/2C15H10O4/c2*16-11-7-3-1-5-9(11)15-14(18)13(17)10-6-2-4-8-12(10)19-15/h2*1-8,16,18H. The summed E-state index contributed by atoms with van der Waals surface area (Å²) in [4.78, 5) is 24.1. The highest BCUT2D eigenvalue weighted by Crippen LogP contribution is 2.36. The van der Waals surface area contributed by atoms with Crippen LogP contribution in [0.1, 0.15) is 0 Å². The van der Waals surface area contributed by atoms with Gasteiger partial charge in [-0.3, -0.25) is 9.59 Å². The van der Waals surface area contributed by atoms with Crippen LogP contribution in [0, 0.1) is 0 Å². The van der Waals surface area contributed by atoms with E-state index in [1.165, 1.54) is 12.1 Å². The van der Waals surface area contributed by atoms with Crippen LogP contribution in [0.5, 0.6) is 23.0 Å². The van der Waals surface area contributed by atoms with E-state index in [0.717, 1.165) is 0 Å². The first-order chi connectivity index (χ1) is 18.4. The zero-order valence-corrected chi connectivity index (χ0v) is 19.7. The minimum atomic E-state index is -0.514. The van der Waals surface area contributed by atoms with Crippen LogP contribution in [-0.4, -0.2) is 20.4 Å². The SMILES string of the molecule is O=c1c(O)c(-c2ccccc2O)oc2ccccc12.O=c1c(O)c(-c2ccccc2O)oc2ccccc12. The molecule has 0 fully saturated rings. The average Bonchev–Trinajstić information content (AvgIpc) is 2.94. The van der Waals surface area contributed by atoms with Crippen molar-refractivity contribution >= 4 is 21.9 Å². The predicted octanol–water partition coefficient (Wildman–Crippen LogP) is 5.74. The summed E-state index contributed by atoms with van der Waals surface area (Å²) in [6.07, 6.45) is 0. The zero-order chi connectivity index (χ0) is 26.8. The second kappa shape index (κ2) is 9.87. The molecule has 0 unspecified atom stereocenters. The van der Waals surface area contributed by atoms with Crippen molar-refractivity contribution in [3.8, 4) is 45.6 Å². The fraction of sp³-hybridized carbons (Fsp3) is 0. The third kappa shape index (κ3) is 4.31. The Morgan fingerprint density at radius 1 is 0.447 bits per heavy atom. The average molecular weight is 508 g/mol. The van der Waals surface area contributed by atoms with E-state index in [-0.39, 0.29) is 34.1 Å². The van der Waals surface area contributed by atoms with Gasteiger partial charge in [-0.05, 0) is 48.5 Å². The third-order valence-corrected chi connectivity index (χ3v) is 5.85. The first kappa shape index (κ1) is 24.2. The van der Waals surface area contributed by atoms with Crippen LogP contribution < -0.4 is 10.9 Å². The van der Waals surface area contributed by atoms with Crippen LogP contribution in [0.3, 0.4) is 0 Å². The third-order valence-electron chi connectivity index (χ3n) is 5.85. The highest BCUT2D eigenvalue weighted by molar-refractivity contribution is 5.84. The number of rotatable bonds is 2. The molecule has 8 nitrogen and oxygen atoms in total. The molecule has 0 radical (unpaired) electrons. The smallest absolute Gasteiger partial charge is 0.235 e. The molecule has 0 atom stereocenters. The number of hydrogen-bond acceptors (Lipinski definition) is 8. The number of fused-ring (bicyclic) bond motifs is 2. The van der Waals surface area contributed by atoms with Crippen LogP contribution in [0.15, 0.2) is 115 Å². The molecule has 0 bridgehead atoms. The quantitative estimate of drug-likeness (QED) is 0.232. The molecular weight excluding hydrogens is 488 g/mol. The first-order valence-electron chi connectivity index (χ1n) is 11.4. The van der Waals surface area contributed by atoms with Gasteiger partial charge < -0.3 is 29.3 Å². The Hall–Kier alpha value is -5.50. The van der Waals surface area contributed by atoms with E-state index < -0.39 is 22.4 Å². The summed E-state index contributed by atoms with van der Waals surface area (Å²) in [5.41, 5.74) is 0.262. The molecule has 0 aliphatic heterocycles. The number of phenolic OH excluding ortho intramolecular Hbond substituents is 2. The molecule has 2 heterocycles. The second-order valence-electron chi connectivity index (χ2n) is 8.24. The Kier molecular flexibility index (Phi) is 6.28. The van der Waals surface area contributed by atoms with E-state index in [2.05, 4.69) is 0 Å². The maximum Gasteiger partial charge on any atom is 0.235 e. The van der Waals surface area contributed by atoms with Crippen molar-refractivity contribution < 1.29 is 29.3 Å². The molecule has 0 amide bonds. The Morgan fingerprint density at radius 2 is 0.789 bits per heavy atom. The van der Waals surface area contributed by atoms with E-state index in [0.29, 0.717) is 21.9 Å². The molecule has 188 valence electrons. The van der Waals surface area contributed by atoms with Gasteiger partial charge in [0.15, 0.2) is 11.5 Å². The van der Waals surface area contributed by atoms with Crippen LogP contribution in [0.4, 0.5) is 0 Å². The van der Waals surface area contributed by atoms with E-state index in [9.17, 15) is 30.0 Å². The van der Waals surface area contributed by atoms with Gasteiger partial charge in [0.1, 0.15) is 22.7 Å². The number of benzene rings is 4. The summed E-state index contributed by atoms with van der Waals surface area (Å²) in [5, 5.41) is 40.1. The van der Waals surface area contributed by atoms with Crippen LogP contribution >= 0.6 is 0 Å². The Balaban J connectivity index is 0.000000155. The molecule has 4 aromatic carbocycles. The molecule has 0 aliphatic rings. The van der Waals surface area contributed by atoms with Gasteiger partial charge in [0, 0.05) is 0 Å². The Labute approximate surface area is 214 Å². The summed E-state index contributed by atoms with van der Waals surface area (Å²) in [6, 6.07) is 26.0. The van der Waals surface area contributed by atoms with Crippen molar-refractivity contribution in [2.45, 2.75) is 0 Å². The van der Waals surface area contributed by atoms with Gasteiger partial charge in [0.2, 0.25) is 22.4 Å². The van der Waals surface area contributed by atoms with Crippen LogP contribution in [0.2, 0.25) is 0 Å². The molecular formula is C30H20O8. The highest BCUT2D eigenvalue weighted by Gasteiger charge is 2.18. The monoisotopic (exact) mass is 508 g/mol. The van der Waals surface area contributed by atoms with Crippen molar-refractivity contribution in [1.82, 2.24) is 0 Å². The normalized spacial score (nSPS) is 10.7. The van der Waals surface area contributed by atoms with E-state index in [1.807, 2.05) is 0 Å². The topological polar surface area (TPSA) is 141 Å². The lowest BCUT2D eigenvalue weighted by atomic mass is 10.1. The Bertz CT molecular complexity index is 1780. The number of hydrogen-bond donors (Lipinski definition) is 4. The largest absolute Gasteiger partial charge is 0.507 e. The lowest BCUT2D eigenvalue weighted by Gasteiger charge is -2.07. The molecule has 2 aromatic heterocycles. The summed E-state index contributed by atoms with van der Waals surface area (Å²) in [7, 11) is 0. The van der Waals surface area contributed by atoms with Crippen molar-refractivity contribution in [3.05, 3.63) is 118 Å². The van der Waals surface area contributed by atoms with E-state index in [1.54, 1.807) is 84.9 Å². The van der Waals surface area contributed by atoms with Crippen molar-refractivity contribution in [3.63, 3.8) is 0 Å². The predicted molar refractivity (Wildman–Crippen MR) is 142 cm³/mol. The molecule has 0 saturated carbocycles. The molecule has 8 heteroatoms. The van der Waals surface area contributed by atoms with Gasteiger partial charge in [-0.1, -0.05) is 48.5 Å². The summed E-state index contributed by atoms with van der Waals surface area (Å²) >= 11 is 0. The van der Waals surface area contributed by atoms with Gasteiger partial charge in [-0.2, -0.15) is 0 Å². The van der Waals surface area contributed by atoms with Crippen molar-refractivity contribution in [2.24, 2.45) is 0 Å². The second-order valence-corrected chi connectivity index (χ2v) is 8.24. The van der Waals surface area contributed by atoms with Crippen molar-refractivity contribution in [1.29, 1.82) is 0 Å². The molecule has 38 heavy (non-hydrogen) atoms. The molecule has 0 spiro atoms. The number of para-hydroxylation sites is 4. The van der Waals surface area contributed by atoms with Gasteiger partial charge >= 0.3 is 0 Å². The lowest BCUT2D eigenvalue weighted by Crippen LogP contribution is -2.02. The van der Waals surface area contributed by atoms with E-state index in [4.69, 9.17) is 8.83 Å². The first-order valence-corrected chi connectivity index (χ1v) is 11.4.